The van der Waals surface area contributed by atoms with Crippen molar-refractivity contribution in [3.05, 3.63) is 85.3 Å². The van der Waals surface area contributed by atoms with Crippen molar-refractivity contribution in [2.24, 2.45) is 0 Å². The molecule has 0 amide bonds. The van der Waals surface area contributed by atoms with Crippen LogP contribution in [0, 0.1) is 0 Å². The van der Waals surface area contributed by atoms with Gasteiger partial charge in [0.05, 0.1) is 5.52 Å². The molecule has 0 saturated carbocycles. The fourth-order valence-electron chi connectivity index (χ4n) is 3.33. The van der Waals surface area contributed by atoms with Gasteiger partial charge in [0.1, 0.15) is 0 Å². The Morgan fingerprint density at radius 1 is 0.720 bits per heavy atom. The molecule has 3 nitrogen and oxygen atoms in total. The summed E-state index contributed by atoms with van der Waals surface area (Å²) in [5.74, 6) is 0. The van der Waals surface area contributed by atoms with E-state index in [2.05, 4.69) is 63.5 Å². The van der Waals surface area contributed by atoms with Crippen LogP contribution in [0.25, 0.3) is 44.2 Å². The van der Waals surface area contributed by atoms with E-state index in [0.717, 1.165) is 22.3 Å². The normalized spacial score (nSPS) is 11.2. The number of fused-ring (bicyclic) bond motifs is 2. The topological polar surface area (TPSA) is 41.6 Å². The molecule has 118 valence electrons. The molecule has 0 atom stereocenters. The van der Waals surface area contributed by atoms with Crippen LogP contribution in [-0.2, 0) is 0 Å². The minimum absolute atomic E-state index is 1.02. The Kier molecular flexibility index (Phi) is 3.10. The van der Waals surface area contributed by atoms with Gasteiger partial charge in [-0.05, 0) is 53.6 Å². The summed E-state index contributed by atoms with van der Waals surface area (Å²) in [4.78, 5) is 12.0. The summed E-state index contributed by atoms with van der Waals surface area (Å²) in [6.45, 7) is 0. The van der Waals surface area contributed by atoms with Crippen LogP contribution in [0.5, 0.6) is 0 Å². The lowest BCUT2D eigenvalue weighted by molar-refractivity contribution is 1.32. The number of hydrogen-bond donors (Lipinski definition) is 1. The van der Waals surface area contributed by atoms with Crippen molar-refractivity contribution in [3.8, 4) is 22.4 Å². The summed E-state index contributed by atoms with van der Waals surface area (Å²) < 4.78 is 0. The minimum atomic E-state index is 1.02. The molecule has 3 heteroatoms. The van der Waals surface area contributed by atoms with Crippen LogP contribution in [0.1, 0.15) is 0 Å². The number of pyridine rings is 2. The van der Waals surface area contributed by atoms with Gasteiger partial charge in [-0.3, -0.25) is 9.97 Å². The maximum absolute atomic E-state index is 4.46. The molecule has 0 bridgehead atoms. The molecular formula is C22H15N3. The molecule has 0 aliphatic carbocycles. The third-order valence-electron chi connectivity index (χ3n) is 4.57. The van der Waals surface area contributed by atoms with Crippen molar-refractivity contribution in [2.75, 3.05) is 0 Å². The van der Waals surface area contributed by atoms with Crippen LogP contribution in [0.15, 0.2) is 85.3 Å². The molecule has 2 aromatic carbocycles. The molecule has 0 aliphatic rings. The number of nitrogens with one attached hydrogen (secondary N) is 1. The SMILES string of the molecule is c1ccc2c(-c3ccc4[nH]c(-c5ccncc5)cc4c3)ccnc2c1. The molecule has 1 N–H and O–H groups in total. The Morgan fingerprint density at radius 2 is 1.60 bits per heavy atom. The number of aromatic amines is 1. The van der Waals surface area contributed by atoms with Gasteiger partial charge >= 0.3 is 0 Å². The van der Waals surface area contributed by atoms with Crippen molar-refractivity contribution in [2.45, 2.75) is 0 Å². The Bertz CT molecular complexity index is 1180. The number of nitrogens with zero attached hydrogens (tertiary/aromatic N) is 2. The summed E-state index contributed by atoms with van der Waals surface area (Å²) in [7, 11) is 0. The van der Waals surface area contributed by atoms with E-state index >= 15 is 0 Å². The quantitative estimate of drug-likeness (QED) is 0.470. The van der Waals surface area contributed by atoms with E-state index in [-0.39, 0.29) is 0 Å². The lowest BCUT2D eigenvalue weighted by Gasteiger charge is -2.06. The predicted molar refractivity (Wildman–Crippen MR) is 102 cm³/mol. The Labute approximate surface area is 145 Å². The summed E-state index contributed by atoms with van der Waals surface area (Å²) in [6, 6.07) is 23.1. The number of para-hydroxylation sites is 1. The second-order valence-electron chi connectivity index (χ2n) is 6.10. The van der Waals surface area contributed by atoms with Gasteiger partial charge in [0.15, 0.2) is 0 Å². The molecule has 25 heavy (non-hydrogen) atoms. The number of benzene rings is 2. The molecule has 0 spiro atoms. The molecular weight excluding hydrogens is 306 g/mol. The highest BCUT2D eigenvalue weighted by Crippen LogP contribution is 2.31. The highest BCUT2D eigenvalue weighted by molar-refractivity contribution is 5.97. The van der Waals surface area contributed by atoms with Gasteiger partial charge in [-0.15, -0.1) is 0 Å². The van der Waals surface area contributed by atoms with E-state index in [0.29, 0.717) is 0 Å². The molecule has 5 rings (SSSR count). The molecule has 0 saturated heterocycles. The molecule has 0 aliphatic heterocycles. The highest BCUT2D eigenvalue weighted by atomic mass is 14.7. The van der Waals surface area contributed by atoms with Crippen LogP contribution in [-0.4, -0.2) is 15.0 Å². The molecule has 5 aromatic rings. The van der Waals surface area contributed by atoms with Gasteiger partial charge in [-0.1, -0.05) is 24.3 Å². The number of aromatic nitrogens is 3. The zero-order valence-electron chi connectivity index (χ0n) is 13.5. The summed E-state index contributed by atoms with van der Waals surface area (Å²) in [6.07, 6.45) is 5.51. The van der Waals surface area contributed by atoms with Gasteiger partial charge in [-0.25, -0.2) is 0 Å². The van der Waals surface area contributed by atoms with E-state index in [1.165, 1.54) is 21.9 Å². The smallest absolute Gasteiger partial charge is 0.0708 e. The minimum Gasteiger partial charge on any atom is -0.355 e. The van der Waals surface area contributed by atoms with Gasteiger partial charge in [0.25, 0.3) is 0 Å². The van der Waals surface area contributed by atoms with Gasteiger partial charge in [-0.2, -0.15) is 0 Å². The number of rotatable bonds is 2. The average molecular weight is 321 g/mol. The van der Waals surface area contributed by atoms with E-state index in [9.17, 15) is 0 Å². The second kappa shape index (κ2) is 5.56. The standard InChI is InChI=1S/C22H15N3/c1-2-4-21-19(3-1)18(9-12-24-21)16-5-6-20-17(13-16)14-22(25-20)15-7-10-23-11-8-15/h1-14,25H. The van der Waals surface area contributed by atoms with E-state index < -0.39 is 0 Å². The van der Waals surface area contributed by atoms with E-state index in [4.69, 9.17) is 0 Å². The first-order valence-electron chi connectivity index (χ1n) is 8.26. The zero-order chi connectivity index (χ0) is 16.6. The monoisotopic (exact) mass is 321 g/mol. The fourth-order valence-corrected chi connectivity index (χ4v) is 3.33. The first kappa shape index (κ1) is 13.9. The summed E-state index contributed by atoms with van der Waals surface area (Å²) >= 11 is 0. The van der Waals surface area contributed by atoms with Crippen molar-refractivity contribution in [1.82, 2.24) is 15.0 Å². The van der Waals surface area contributed by atoms with Crippen molar-refractivity contribution in [1.29, 1.82) is 0 Å². The fraction of sp³-hybridized carbons (Fsp3) is 0. The van der Waals surface area contributed by atoms with Crippen LogP contribution in [0.3, 0.4) is 0 Å². The Balaban J connectivity index is 1.68. The number of H-pyrrole nitrogens is 1. The largest absolute Gasteiger partial charge is 0.355 e. The first-order chi connectivity index (χ1) is 12.4. The predicted octanol–water partition coefficient (Wildman–Crippen LogP) is 5.45. The van der Waals surface area contributed by atoms with Crippen molar-refractivity contribution < 1.29 is 0 Å². The third kappa shape index (κ3) is 2.37. The molecule has 3 heterocycles. The summed E-state index contributed by atoms with van der Waals surface area (Å²) in [5, 5.41) is 2.37. The van der Waals surface area contributed by atoms with Gasteiger partial charge in [0, 0.05) is 46.1 Å². The Hall–Kier alpha value is -3.46. The first-order valence-corrected chi connectivity index (χ1v) is 8.26. The molecule has 3 aromatic heterocycles. The maximum atomic E-state index is 4.46. The lowest BCUT2D eigenvalue weighted by atomic mass is 10.0. The van der Waals surface area contributed by atoms with E-state index in [1.807, 2.05) is 36.8 Å². The van der Waals surface area contributed by atoms with Crippen molar-refractivity contribution in [3.63, 3.8) is 0 Å². The van der Waals surface area contributed by atoms with Gasteiger partial charge < -0.3 is 4.98 Å². The lowest BCUT2D eigenvalue weighted by Crippen LogP contribution is -1.84. The van der Waals surface area contributed by atoms with Crippen LogP contribution in [0.2, 0.25) is 0 Å². The van der Waals surface area contributed by atoms with Crippen LogP contribution in [0.4, 0.5) is 0 Å². The van der Waals surface area contributed by atoms with E-state index in [1.54, 1.807) is 0 Å². The third-order valence-corrected chi connectivity index (χ3v) is 4.57. The highest BCUT2D eigenvalue weighted by Gasteiger charge is 2.08. The molecule has 0 radical (unpaired) electrons. The summed E-state index contributed by atoms with van der Waals surface area (Å²) in [5.41, 5.74) is 6.81. The van der Waals surface area contributed by atoms with Crippen LogP contribution < -0.4 is 0 Å². The second-order valence-corrected chi connectivity index (χ2v) is 6.10. The molecule has 0 fully saturated rings. The number of hydrogen-bond acceptors (Lipinski definition) is 2. The maximum Gasteiger partial charge on any atom is 0.0708 e. The zero-order valence-corrected chi connectivity index (χ0v) is 13.5. The van der Waals surface area contributed by atoms with Crippen LogP contribution >= 0.6 is 0 Å². The Morgan fingerprint density at radius 3 is 2.52 bits per heavy atom. The van der Waals surface area contributed by atoms with Gasteiger partial charge in [0.2, 0.25) is 0 Å². The molecule has 0 unspecified atom stereocenters. The average Bonchev–Trinajstić information content (AvgIpc) is 3.11. The van der Waals surface area contributed by atoms with Crippen molar-refractivity contribution >= 4 is 21.8 Å².